The Labute approximate surface area is 84.8 Å². The van der Waals surface area contributed by atoms with Crippen molar-refractivity contribution in [3.05, 3.63) is 0 Å². The van der Waals surface area contributed by atoms with Crippen molar-refractivity contribution in [2.24, 2.45) is 11.8 Å². The van der Waals surface area contributed by atoms with Gasteiger partial charge in [0.25, 0.3) is 0 Å². The highest BCUT2D eigenvalue weighted by Crippen LogP contribution is 2.30. The van der Waals surface area contributed by atoms with E-state index >= 15 is 0 Å². The lowest BCUT2D eigenvalue weighted by molar-refractivity contribution is -0.153. The smallest absolute Gasteiger partial charge is 0.316 e. The van der Waals surface area contributed by atoms with Gasteiger partial charge in [0.2, 0.25) is 0 Å². The van der Waals surface area contributed by atoms with Crippen LogP contribution in [0.15, 0.2) is 0 Å². The van der Waals surface area contributed by atoms with E-state index in [2.05, 4.69) is 0 Å². The first-order valence-corrected chi connectivity index (χ1v) is 5.41. The van der Waals surface area contributed by atoms with Crippen molar-refractivity contribution >= 4 is 11.8 Å². The molecular weight excluding hydrogens is 180 g/mol. The highest BCUT2D eigenvalue weighted by atomic mass is 16.5. The van der Waals surface area contributed by atoms with Gasteiger partial charge in [0.1, 0.15) is 11.7 Å². The third-order valence-electron chi connectivity index (χ3n) is 2.83. The quantitative estimate of drug-likeness (QED) is 0.501. The second-order valence-corrected chi connectivity index (χ2v) is 3.74. The summed E-state index contributed by atoms with van der Waals surface area (Å²) in [6.45, 7) is 3.98. The molecule has 0 aromatic heterocycles. The van der Waals surface area contributed by atoms with E-state index in [1.165, 1.54) is 0 Å². The summed E-state index contributed by atoms with van der Waals surface area (Å²) in [4.78, 5) is 23.2. The second-order valence-electron chi connectivity index (χ2n) is 3.74. The van der Waals surface area contributed by atoms with Crippen LogP contribution in [0.25, 0.3) is 0 Å². The number of carbonyl (C=O) groups is 2. The van der Waals surface area contributed by atoms with E-state index < -0.39 is 5.92 Å². The average molecular weight is 198 g/mol. The molecule has 0 radical (unpaired) electrons. The molecule has 0 bridgehead atoms. The number of ether oxygens (including phenoxy) is 1. The summed E-state index contributed by atoms with van der Waals surface area (Å²) < 4.78 is 4.88. The lowest BCUT2D eigenvalue weighted by Crippen LogP contribution is -2.34. The van der Waals surface area contributed by atoms with Gasteiger partial charge >= 0.3 is 5.97 Å². The Balaban J connectivity index is 2.51. The van der Waals surface area contributed by atoms with Crippen LogP contribution >= 0.6 is 0 Å². The first kappa shape index (κ1) is 11.2. The maximum atomic E-state index is 11.8. The molecule has 0 aliphatic heterocycles. The van der Waals surface area contributed by atoms with Crippen LogP contribution in [-0.4, -0.2) is 18.4 Å². The Hall–Kier alpha value is -0.860. The van der Waals surface area contributed by atoms with Crippen LogP contribution in [0, 0.1) is 11.8 Å². The highest BCUT2D eigenvalue weighted by molar-refractivity contribution is 6.00. The molecule has 14 heavy (non-hydrogen) atoms. The molecule has 0 saturated heterocycles. The maximum Gasteiger partial charge on any atom is 0.316 e. The van der Waals surface area contributed by atoms with Crippen LogP contribution < -0.4 is 0 Å². The molecule has 3 nitrogen and oxygen atoms in total. The van der Waals surface area contributed by atoms with Gasteiger partial charge in [-0.3, -0.25) is 9.59 Å². The molecule has 0 spiro atoms. The van der Waals surface area contributed by atoms with Crippen LogP contribution in [0.2, 0.25) is 0 Å². The van der Waals surface area contributed by atoms with Gasteiger partial charge < -0.3 is 4.74 Å². The van der Waals surface area contributed by atoms with E-state index in [0.29, 0.717) is 13.0 Å². The second kappa shape index (κ2) is 5.13. The van der Waals surface area contributed by atoms with Crippen molar-refractivity contribution in [1.82, 2.24) is 0 Å². The molecule has 1 saturated carbocycles. The van der Waals surface area contributed by atoms with Gasteiger partial charge in [0, 0.05) is 5.92 Å². The minimum atomic E-state index is -0.514. The van der Waals surface area contributed by atoms with Crippen LogP contribution in [0.4, 0.5) is 0 Å². The standard InChI is InChI=1S/C11H18O3/c1-3-9(11(13)14-4-2)10(12)8-6-5-7-8/h8-9H,3-7H2,1-2H3. The van der Waals surface area contributed by atoms with Gasteiger partial charge in [-0.15, -0.1) is 0 Å². The first-order chi connectivity index (χ1) is 6.70. The van der Waals surface area contributed by atoms with E-state index in [9.17, 15) is 9.59 Å². The van der Waals surface area contributed by atoms with Crippen molar-refractivity contribution in [1.29, 1.82) is 0 Å². The molecule has 1 unspecified atom stereocenters. The van der Waals surface area contributed by atoms with Gasteiger partial charge in [-0.1, -0.05) is 13.3 Å². The third kappa shape index (κ3) is 2.34. The molecule has 0 heterocycles. The van der Waals surface area contributed by atoms with Crippen LogP contribution in [0.5, 0.6) is 0 Å². The fourth-order valence-corrected chi connectivity index (χ4v) is 1.70. The molecule has 0 aromatic rings. The number of esters is 1. The summed E-state index contributed by atoms with van der Waals surface area (Å²) in [5.74, 6) is -0.631. The van der Waals surface area contributed by atoms with Crippen LogP contribution in [0.3, 0.4) is 0 Å². The van der Waals surface area contributed by atoms with Crippen molar-refractivity contribution in [3.63, 3.8) is 0 Å². The van der Waals surface area contributed by atoms with Gasteiger partial charge in [0.15, 0.2) is 0 Å². The fourth-order valence-electron chi connectivity index (χ4n) is 1.70. The Kier molecular flexibility index (Phi) is 4.11. The summed E-state index contributed by atoms with van der Waals surface area (Å²) in [5, 5.41) is 0. The van der Waals surface area contributed by atoms with Crippen molar-refractivity contribution in [3.8, 4) is 0 Å². The van der Waals surface area contributed by atoms with E-state index in [1.54, 1.807) is 6.92 Å². The molecule has 0 aromatic carbocycles. The van der Waals surface area contributed by atoms with Gasteiger partial charge in [-0.25, -0.2) is 0 Å². The first-order valence-electron chi connectivity index (χ1n) is 5.41. The molecule has 1 aliphatic rings. The summed E-state index contributed by atoms with van der Waals surface area (Å²) in [6, 6.07) is 0. The summed E-state index contributed by atoms with van der Waals surface area (Å²) in [7, 11) is 0. The molecule has 3 heteroatoms. The third-order valence-corrected chi connectivity index (χ3v) is 2.83. The monoisotopic (exact) mass is 198 g/mol. The SMILES string of the molecule is CCOC(=O)C(CC)C(=O)C1CCC1. The molecule has 1 rings (SSSR count). The fraction of sp³-hybridized carbons (Fsp3) is 0.818. The molecular formula is C11H18O3. The van der Waals surface area contributed by atoms with E-state index in [0.717, 1.165) is 19.3 Å². The van der Waals surface area contributed by atoms with E-state index in [1.807, 2.05) is 6.92 Å². The van der Waals surface area contributed by atoms with Crippen molar-refractivity contribution in [2.75, 3.05) is 6.61 Å². The number of rotatable bonds is 5. The summed E-state index contributed by atoms with van der Waals surface area (Å²) in [6.07, 6.45) is 3.59. The van der Waals surface area contributed by atoms with Gasteiger partial charge in [-0.2, -0.15) is 0 Å². The number of hydrogen-bond donors (Lipinski definition) is 0. The van der Waals surface area contributed by atoms with Crippen LogP contribution in [-0.2, 0) is 14.3 Å². The topological polar surface area (TPSA) is 43.4 Å². The zero-order chi connectivity index (χ0) is 10.6. The summed E-state index contributed by atoms with van der Waals surface area (Å²) in [5.41, 5.74) is 0. The number of Topliss-reactive ketones (excluding diaryl/α,β-unsaturated/α-hetero) is 1. The van der Waals surface area contributed by atoms with Gasteiger partial charge in [0.05, 0.1) is 6.61 Å². The molecule has 1 fully saturated rings. The number of ketones is 1. The summed E-state index contributed by atoms with van der Waals surface area (Å²) >= 11 is 0. The Morgan fingerprint density at radius 2 is 2.00 bits per heavy atom. The Bertz CT molecular complexity index is 219. The average Bonchev–Trinajstić information content (AvgIpc) is 2.02. The van der Waals surface area contributed by atoms with Crippen molar-refractivity contribution in [2.45, 2.75) is 39.5 Å². The van der Waals surface area contributed by atoms with Crippen molar-refractivity contribution < 1.29 is 14.3 Å². The van der Waals surface area contributed by atoms with E-state index in [4.69, 9.17) is 4.74 Å². The molecule has 0 amide bonds. The lowest BCUT2D eigenvalue weighted by Gasteiger charge is -2.26. The predicted molar refractivity (Wildman–Crippen MR) is 52.8 cm³/mol. The normalized spacial score (nSPS) is 18.4. The predicted octanol–water partition coefficient (Wildman–Crippen LogP) is 1.94. The molecule has 80 valence electrons. The molecule has 0 N–H and O–H groups in total. The number of carbonyl (C=O) groups excluding carboxylic acids is 2. The lowest BCUT2D eigenvalue weighted by atomic mass is 9.77. The minimum Gasteiger partial charge on any atom is -0.465 e. The Morgan fingerprint density at radius 3 is 2.36 bits per heavy atom. The minimum absolute atomic E-state index is 0.0946. The van der Waals surface area contributed by atoms with Gasteiger partial charge in [-0.05, 0) is 26.2 Å². The largest absolute Gasteiger partial charge is 0.465 e. The zero-order valence-electron chi connectivity index (χ0n) is 8.91. The maximum absolute atomic E-state index is 11.8. The highest BCUT2D eigenvalue weighted by Gasteiger charge is 2.34. The van der Waals surface area contributed by atoms with E-state index in [-0.39, 0.29) is 17.7 Å². The Morgan fingerprint density at radius 1 is 1.36 bits per heavy atom. The molecule has 1 aliphatic carbocycles. The van der Waals surface area contributed by atoms with Crippen LogP contribution in [0.1, 0.15) is 39.5 Å². The molecule has 1 atom stereocenters. The zero-order valence-corrected chi connectivity index (χ0v) is 8.91. The number of hydrogen-bond acceptors (Lipinski definition) is 3.